The van der Waals surface area contributed by atoms with Gasteiger partial charge in [0.1, 0.15) is 5.82 Å². The summed E-state index contributed by atoms with van der Waals surface area (Å²) in [4.78, 5) is 32.0. The zero-order valence-electron chi connectivity index (χ0n) is 17.5. The largest absolute Gasteiger partial charge is 0.330 e. The van der Waals surface area contributed by atoms with Crippen LogP contribution in [0.1, 0.15) is 18.3 Å². The highest BCUT2D eigenvalue weighted by molar-refractivity contribution is 5.80. The molecule has 0 aliphatic heterocycles. The number of rotatable bonds is 5. The lowest BCUT2D eigenvalue weighted by atomic mass is 9.98. The summed E-state index contributed by atoms with van der Waals surface area (Å²) < 4.78 is 3.01. The smallest absolute Gasteiger partial charge is 0.318 e. The molecule has 10 nitrogen and oxygen atoms in total. The Balaban J connectivity index is 1.52. The van der Waals surface area contributed by atoms with Crippen LogP contribution in [-0.2, 0) is 13.1 Å². The second-order valence-electron chi connectivity index (χ2n) is 7.40. The zero-order chi connectivity index (χ0) is 22.2. The molecule has 0 unspecified atom stereocenters. The Hall–Kier alpha value is -4.34. The van der Waals surface area contributed by atoms with Crippen LogP contribution in [0.2, 0.25) is 0 Å². The number of benzene rings is 2. The topological polar surface area (TPSA) is 127 Å². The maximum Gasteiger partial charge on any atom is 0.330 e. The van der Waals surface area contributed by atoms with E-state index in [9.17, 15) is 9.59 Å². The van der Waals surface area contributed by atoms with Gasteiger partial charge in [-0.3, -0.25) is 14.3 Å². The Morgan fingerprint density at radius 1 is 0.969 bits per heavy atom. The van der Waals surface area contributed by atoms with Crippen LogP contribution < -0.4 is 11.2 Å². The number of fused-ring (bicyclic) bond motifs is 1. The summed E-state index contributed by atoms with van der Waals surface area (Å²) >= 11 is 0. The first-order valence-electron chi connectivity index (χ1n) is 10.2. The third-order valence-corrected chi connectivity index (χ3v) is 5.51. The molecule has 160 valence electrons. The first-order chi connectivity index (χ1) is 15.6. The van der Waals surface area contributed by atoms with Crippen molar-refractivity contribution >= 4 is 11.2 Å². The van der Waals surface area contributed by atoms with Crippen molar-refractivity contribution in [1.82, 2.24) is 39.7 Å². The van der Waals surface area contributed by atoms with Crippen molar-refractivity contribution in [3.63, 3.8) is 0 Å². The lowest BCUT2D eigenvalue weighted by Crippen LogP contribution is -2.35. The molecule has 32 heavy (non-hydrogen) atoms. The van der Waals surface area contributed by atoms with Crippen molar-refractivity contribution in [2.45, 2.75) is 26.9 Å². The van der Waals surface area contributed by atoms with Crippen LogP contribution >= 0.6 is 0 Å². The highest BCUT2D eigenvalue weighted by atomic mass is 16.2. The van der Waals surface area contributed by atoms with E-state index in [1.54, 1.807) is 6.92 Å². The van der Waals surface area contributed by atoms with Gasteiger partial charge < -0.3 is 4.57 Å². The molecular weight excluding hydrogens is 408 g/mol. The molecule has 2 N–H and O–H groups in total. The molecular formula is C22H20N8O2. The van der Waals surface area contributed by atoms with Gasteiger partial charge in [0.05, 0.1) is 0 Å². The summed E-state index contributed by atoms with van der Waals surface area (Å²) in [6, 6.07) is 15.9. The van der Waals surface area contributed by atoms with E-state index in [4.69, 9.17) is 0 Å². The maximum absolute atomic E-state index is 12.9. The van der Waals surface area contributed by atoms with E-state index < -0.39 is 5.69 Å². The monoisotopic (exact) mass is 428 g/mol. The van der Waals surface area contributed by atoms with Crippen molar-refractivity contribution in [1.29, 1.82) is 0 Å². The Bertz CT molecular complexity index is 1530. The Morgan fingerprint density at radius 2 is 1.72 bits per heavy atom. The maximum atomic E-state index is 12.9. The zero-order valence-corrected chi connectivity index (χ0v) is 17.5. The summed E-state index contributed by atoms with van der Waals surface area (Å²) in [5.74, 6) is 1.19. The normalized spacial score (nSPS) is 11.3. The average molecular weight is 428 g/mol. The number of aryl methyl sites for hydroxylation is 1. The Morgan fingerprint density at radius 3 is 2.41 bits per heavy atom. The molecule has 0 fully saturated rings. The number of nitrogens with zero attached hydrogens (tertiary/aromatic N) is 6. The second kappa shape index (κ2) is 7.73. The van der Waals surface area contributed by atoms with Crippen LogP contribution in [-0.4, -0.2) is 39.7 Å². The summed E-state index contributed by atoms with van der Waals surface area (Å²) in [5.41, 5.74) is 3.82. The number of aromatic amines is 2. The number of hydrogen-bond donors (Lipinski definition) is 2. The molecule has 0 radical (unpaired) electrons. The SMILES string of the molecule is CCn1c(=O)[nH]c2nc(C)n(Cc3ccc(-c4ccccc4-c4nn[nH]n4)cc3)c2c1=O. The summed E-state index contributed by atoms with van der Waals surface area (Å²) in [5, 5.41) is 14.3. The minimum Gasteiger partial charge on any atom is -0.318 e. The van der Waals surface area contributed by atoms with Gasteiger partial charge in [-0.05, 0) is 35.8 Å². The van der Waals surface area contributed by atoms with Crippen LogP contribution in [0.25, 0.3) is 33.7 Å². The van der Waals surface area contributed by atoms with E-state index in [1.807, 2.05) is 60.0 Å². The van der Waals surface area contributed by atoms with E-state index in [0.717, 1.165) is 22.3 Å². The van der Waals surface area contributed by atoms with Crippen molar-refractivity contribution < 1.29 is 0 Å². The standard InChI is InChI=1S/C22H20N8O2/c1-3-29-21(31)18-20(24-22(29)32)23-13(2)30(18)12-14-8-10-15(11-9-14)16-6-4-5-7-17(16)19-25-27-28-26-19/h4-11H,3,12H2,1-2H3,(H,24,32)(H,25,26,27,28). The molecule has 0 aliphatic carbocycles. The quantitative estimate of drug-likeness (QED) is 0.441. The Labute approximate surface area is 181 Å². The summed E-state index contributed by atoms with van der Waals surface area (Å²) in [6.07, 6.45) is 0. The minimum absolute atomic E-state index is 0.294. The molecule has 2 aromatic carbocycles. The van der Waals surface area contributed by atoms with E-state index in [2.05, 4.69) is 30.6 Å². The van der Waals surface area contributed by atoms with Gasteiger partial charge in [-0.2, -0.15) is 5.21 Å². The van der Waals surface area contributed by atoms with Crippen molar-refractivity contribution in [2.24, 2.45) is 0 Å². The summed E-state index contributed by atoms with van der Waals surface area (Å²) in [6.45, 7) is 4.34. The highest BCUT2D eigenvalue weighted by Gasteiger charge is 2.16. The molecule has 0 saturated carbocycles. The van der Waals surface area contributed by atoms with Crippen LogP contribution in [0.3, 0.4) is 0 Å². The van der Waals surface area contributed by atoms with E-state index in [-0.39, 0.29) is 5.56 Å². The minimum atomic E-state index is -0.445. The van der Waals surface area contributed by atoms with Gasteiger partial charge in [0.25, 0.3) is 5.56 Å². The van der Waals surface area contributed by atoms with Gasteiger partial charge in [0.15, 0.2) is 11.2 Å². The molecule has 0 bridgehead atoms. The number of imidazole rings is 1. The van der Waals surface area contributed by atoms with Crippen LogP contribution in [0.15, 0.2) is 58.1 Å². The van der Waals surface area contributed by atoms with Gasteiger partial charge in [-0.15, -0.1) is 10.2 Å². The van der Waals surface area contributed by atoms with Crippen molar-refractivity contribution in [2.75, 3.05) is 0 Å². The molecule has 0 saturated heterocycles. The first kappa shape index (κ1) is 19.6. The third-order valence-electron chi connectivity index (χ3n) is 5.51. The lowest BCUT2D eigenvalue weighted by molar-refractivity contribution is 0.675. The lowest BCUT2D eigenvalue weighted by Gasteiger charge is -2.10. The number of nitrogens with one attached hydrogen (secondary N) is 2. The fourth-order valence-corrected chi connectivity index (χ4v) is 3.92. The molecule has 0 spiro atoms. The molecule has 0 atom stereocenters. The van der Waals surface area contributed by atoms with Crippen LogP contribution in [0.5, 0.6) is 0 Å². The third kappa shape index (κ3) is 3.22. The predicted molar refractivity (Wildman–Crippen MR) is 119 cm³/mol. The predicted octanol–water partition coefficient (Wildman–Crippen LogP) is 2.11. The fourth-order valence-electron chi connectivity index (χ4n) is 3.92. The summed E-state index contributed by atoms with van der Waals surface area (Å²) in [7, 11) is 0. The molecule has 0 amide bonds. The molecule has 5 aromatic rings. The highest BCUT2D eigenvalue weighted by Crippen LogP contribution is 2.29. The number of aromatic nitrogens is 8. The molecule has 5 rings (SSSR count). The molecule has 10 heteroatoms. The van der Waals surface area contributed by atoms with Crippen molar-refractivity contribution in [3.8, 4) is 22.5 Å². The van der Waals surface area contributed by atoms with Crippen LogP contribution in [0, 0.1) is 6.92 Å². The van der Waals surface area contributed by atoms with Gasteiger partial charge in [-0.1, -0.05) is 48.5 Å². The van der Waals surface area contributed by atoms with Gasteiger partial charge >= 0.3 is 5.69 Å². The molecule has 3 heterocycles. The van der Waals surface area contributed by atoms with E-state index >= 15 is 0 Å². The number of hydrogen-bond acceptors (Lipinski definition) is 6. The Kier molecular flexibility index (Phi) is 4.74. The van der Waals surface area contributed by atoms with E-state index in [1.165, 1.54) is 4.57 Å². The van der Waals surface area contributed by atoms with Crippen LogP contribution in [0.4, 0.5) is 0 Å². The van der Waals surface area contributed by atoms with Gasteiger partial charge in [-0.25, -0.2) is 9.78 Å². The van der Waals surface area contributed by atoms with Gasteiger partial charge in [0, 0.05) is 18.7 Å². The van der Waals surface area contributed by atoms with Gasteiger partial charge in [0.2, 0.25) is 5.82 Å². The second-order valence-corrected chi connectivity index (χ2v) is 7.40. The van der Waals surface area contributed by atoms with E-state index in [0.29, 0.717) is 35.9 Å². The number of H-pyrrole nitrogens is 2. The first-order valence-corrected chi connectivity index (χ1v) is 10.2. The van der Waals surface area contributed by atoms with Crippen molar-refractivity contribution in [3.05, 3.63) is 80.8 Å². The number of tetrazole rings is 1. The average Bonchev–Trinajstić information content (AvgIpc) is 3.43. The molecule has 0 aliphatic rings. The fraction of sp³-hybridized carbons (Fsp3) is 0.182. The molecule has 3 aromatic heterocycles.